The molecule has 27 heavy (non-hydrogen) atoms. The molecule has 0 spiro atoms. The molecule has 0 saturated heterocycles. The van der Waals surface area contributed by atoms with E-state index < -0.39 is 10.0 Å². The van der Waals surface area contributed by atoms with Gasteiger partial charge in [0, 0.05) is 11.6 Å². The van der Waals surface area contributed by atoms with Crippen LogP contribution < -0.4 is 9.46 Å². The molecule has 4 aromatic rings. The van der Waals surface area contributed by atoms with E-state index in [0.29, 0.717) is 22.6 Å². The highest BCUT2D eigenvalue weighted by Gasteiger charge is 2.19. The third-order valence-corrected chi connectivity index (χ3v) is 5.33. The van der Waals surface area contributed by atoms with Crippen LogP contribution in [0.25, 0.3) is 16.6 Å². The van der Waals surface area contributed by atoms with Gasteiger partial charge in [0.2, 0.25) is 0 Å². The summed E-state index contributed by atoms with van der Waals surface area (Å²) >= 11 is 0. The van der Waals surface area contributed by atoms with Gasteiger partial charge in [-0.25, -0.2) is 8.42 Å². The van der Waals surface area contributed by atoms with E-state index in [2.05, 4.69) is 25.2 Å². The first-order valence-electron chi connectivity index (χ1n) is 7.86. The molecule has 0 bridgehead atoms. The first kappa shape index (κ1) is 16.9. The Morgan fingerprint density at radius 3 is 2.74 bits per heavy atom. The second-order valence-electron chi connectivity index (χ2n) is 5.58. The number of benzene rings is 2. The largest absolute Gasteiger partial charge is 0.494 e. The quantitative estimate of drug-likeness (QED) is 0.562. The van der Waals surface area contributed by atoms with Crippen molar-refractivity contribution in [1.82, 2.24) is 25.2 Å². The fourth-order valence-corrected chi connectivity index (χ4v) is 3.94. The summed E-state index contributed by atoms with van der Waals surface area (Å²) in [4.78, 5) is 4.30. The number of pyridine rings is 1. The zero-order valence-corrected chi connectivity index (χ0v) is 15.0. The predicted molar refractivity (Wildman–Crippen MR) is 98.3 cm³/mol. The van der Waals surface area contributed by atoms with Gasteiger partial charge in [-0.3, -0.25) is 9.71 Å². The molecule has 10 heteroatoms. The van der Waals surface area contributed by atoms with Crippen molar-refractivity contribution in [2.45, 2.75) is 4.90 Å². The average molecular weight is 382 g/mol. The number of aromatic nitrogens is 5. The minimum Gasteiger partial charge on any atom is -0.494 e. The van der Waals surface area contributed by atoms with Gasteiger partial charge in [0.1, 0.15) is 22.7 Å². The van der Waals surface area contributed by atoms with E-state index in [1.807, 2.05) is 12.1 Å². The number of para-hydroxylation sites is 1. The molecule has 0 atom stereocenters. The lowest BCUT2D eigenvalue weighted by Gasteiger charge is -2.13. The molecule has 9 nitrogen and oxygen atoms in total. The van der Waals surface area contributed by atoms with Crippen molar-refractivity contribution in [3.63, 3.8) is 0 Å². The molecule has 4 rings (SSSR count). The molecule has 136 valence electrons. The van der Waals surface area contributed by atoms with Gasteiger partial charge in [0.25, 0.3) is 10.0 Å². The average Bonchev–Trinajstić information content (AvgIpc) is 3.22. The number of nitrogens with zero attached hydrogens (tertiary/aromatic N) is 5. The van der Waals surface area contributed by atoms with Gasteiger partial charge in [-0.15, -0.1) is 5.10 Å². The number of methoxy groups -OCH3 is 1. The van der Waals surface area contributed by atoms with Gasteiger partial charge < -0.3 is 4.74 Å². The van der Waals surface area contributed by atoms with Crippen LogP contribution in [0.5, 0.6) is 5.75 Å². The van der Waals surface area contributed by atoms with Crippen molar-refractivity contribution in [1.29, 1.82) is 0 Å². The normalized spacial score (nSPS) is 11.4. The number of ether oxygens (including phenoxy) is 1. The van der Waals surface area contributed by atoms with Crippen molar-refractivity contribution in [2.24, 2.45) is 0 Å². The van der Waals surface area contributed by atoms with Crippen LogP contribution >= 0.6 is 0 Å². The molecule has 2 aromatic carbocycles. The highest BCUT2D eigenvalue weighted by atomic mass is 32.2. The third kappa shape index (κ3) is 3.17. The summed E-state index contributed by atoms with van der Waals surface area (Å²) in [6.45, 7) is 0. The van der Waals surface area contributed by atoms with Crippen molar-refractivity contribution in [3.8, 4) is 11.4 Å². The van der Waals surface area contributed by atoms with Gasteiger partial charge in [0.05, 0.1) is 18.3 Å². The van der Waals surface area contributed by atoms with Crippen LogP contribution in [0.3, 0.4) is 0 Å². The number of tetrazole rings is 1. The SMILES string of the molecule is COc1ccc(NS(=O)(=O)c2cccc3cccnc23)cc1-n1cnnn1. The van der Waals surface area contributed by atoms with E-state index in [0.717, 1.165) is 5.39 Å². The zero-order valence-electron chi connectivity index (χ0n) is 14.1. The van der Waals surface area contributed by atoms with Crippen LogP contribution in [0, 0.1) is 0 Å². The van der Waals surface area contributed by atoms with Crippen molar-refractivity contribution >= 4 is 26.6 Å². The standard InChI is InChI=1S/C17H14N6O3S/c1-26-15-8-7-13(10-14(15)23-11-19-21-22-23)20-27(24,25)16-6-2-4-12-5-3-9-18-17(12)16/h2-11,20H,1H3. The Hall–Kier alpha value is -3.53. The van der Waals surface area contributed by atoms with E-state index in [1.165, 1.54) is 24.2 Å². The second-order valence-corrected chi connectivity index (χ2v) is 7.23. The fraction of sp³-hybridized carbons (Fsp3) is 0.0588. The van der Waals surface area contributed by atoms with Crippen LogP contribution in [0.2, 0.25) is 0 Å². The Morgan fingerprint density at radius 1 is 1.11 bits per heavy atom. The van der Waals surface area contributed by atoms with Gasteiger partial charge in [0.15, 0.2) is 0 Å². The number of nitrogens with one attached hydrogen (secondary N) is 1. The Labute approximate surface area is 154 Å². The molecule has 0 aliphatic carbocycles. The fourth-order valence-electron chi connectivity index (χ4n) is 2.71. The minimum absolute atomic E-state index is 0.0976. The highest BCUT2D eigenvalue weighted by Crippen LogP contribution is 2.28. The number of hydrogen-bond donors (Lipinski definition) is 1. The predicted octanol–water partition coefficient (Wildman–Crippen LogP) is 2.02. The smallest absolute Gasteiger partial charge is 0.264 e. The van der Waals surface area contributed by atoms with E-state index in [4.69, 9.17) is 4.74 Å². The Kier molecular flexibility index (Phi) is 4.16. The van der Waals surface area contributed by atoms with E-state index in [-0.39, 0.29) is 4.90 Å². The summed E-state index contributed by atoms with van der Waals surface area (Å²) in [5.74, 6) is 0.497. The summed E-state index contributed by atoms with van der Waals surface area (Å²) in [5.41, 5.74) is 1.25. The molecule has 0 amide bonds. The minimum atomic E-state index is -3.86. The summed E-state index contributed by atoms with van der Waals surface area (Å²) in [6, 6.07) is 13.4. The van der Waals surface area contributed by atoms with Crippen molar-refractivity contribution < 1.29 is 13.2 Å². The Bertz CT molecular complexity index is 1200. The van der Waals surface area contributed by atoms with E-state index >= 15 is 0 Å². The van der Waals surface area contributed by atoms with Gasteiger partial charge >= 0.3 is 0 Å². The topological polar surface area (TPSA) is 112 Å². The summed E-state index contributed by atoms with van der Waals surface area (Å²) in [7, 11) is -2.35. The van der Waals surface area contributed by atoms with Crippen LogP contribution in [0.4, 0.5) is 5.69 Å². The van der Waals surface area contributed by atoms with Crippen LogP contribution in [-0.4, -0.2) is 40.7 Å². The molecule has 0 radical (unpaired) electrons. The number of sulfonamides is 1. The first-order valence-corrected chi connectivity index (χ1v) is 9.35. The number of rotatable bonds is 5. The summed E-state index contributed by atoms with van der Waals surface area (Å²) in [5, 5.41) is 11.7. The van der Waals surface area contributed by atoms with Gasteiger partial charge in [-0.05, 0) is 40.8 Å². The lowest BCUT2D eigenvalue weighted by Crippen LogP contribution is -2.14. The van der Waals surface area contributed by atoms with Crippen molar-refractivity contribution in [3.05, 3.63) is 61.1 Å². The molecule has 1 N–H and O–H groups in total. The maximum atomic E-state index is 12.9. The molecule has 0 aliphatic rings. The molecule has 2 aromatic heterocycles. The zero-order chi connectivity index (χ0) is 18.9. The van der Waals surface area contributed by atoms with E-state index in [9.17, 15) is 8.42 Å². The highest BCUT2D eigenvalue weighted by molar-refractivity contribution is 7.93. The molecular formula is C17H14N6O3S. The summed E-state index contributed by atoms with van der Waals surface area (Å²) < 4.78 is 35.1. The lowest BCUT2D eigenvalue weighted by molar-refractivity contribution is 0.411. The Morgan fingerprint density at radius 2 is 1.96 bits per heavy atom. The number of hydrogen-bond acceptors (Lipinski definition) is 7. The van der Waals surface area contributed by atoms with Crippen molar-refractivity contribution in [2.75, 3.05) is 11.8 Å². The summed E-state index contributed by atoms with van der Waals surface area (Å²) in [6.07, 6.45) is 2.95. The maximum absolute atomic E-state index is 12.9. The van der Waals surface area contributed by atoms with Crippen LogP contribution in [0.1, 0.15) is 0 Å². The maximum Gasteiger partial charge on any atom is 0.264 e. The molecule has 0 fully saturated rings. The molecule has 0 unspecified atom stereocenters. The molecule has 2 heterocycles. The lowest BCUT2D eigenvalue weighted by atomic mass is 10.2. The van der Waals surface area contributed by atoms with Crippen LogP contribution in [-0.2, 0) is 10.0 Å². The van der Waals surface area contributed by atoms with Crippen LogP contribution in [0.15, 0.2) is 66.0 Å². The molecule has 0 saturated carbocycles. The molecule has 0 aliphatic heterocycles. The second kappa shape index (κ2) is 6.65. The third-order valence-electron chi connectivity index (χ3n) is 3.91. The first-order chi connectivity index (χ1) is 13.1. The number of anilines is 1. The van der Waals surface area contributed by atoms with E-state index in [1.54, 1.807) is 36.5 Å². The number of fused-ring (bicyclic) bond motifs is 1. The van der Waals surface area contributed by atoms with Gasteiger partial charge in [-0.1, -0.05) is 18.2 Å². The monoisotopic (exact) mass is 382 g/mol. The van der Waals surface area contributed by atoms with Gasteiger partial charge in [-0.2, -0.15) is 4.68 Å². The molecular weight excluding hydrogens is 368 g/mol. The Balaban J connectivity index is 1.76.